The third-order valence-electron chi connectivity index (χ3n) is 3.46. The van der Waals surface area contributed by atoms with Crippen LogP contribution in [0.1, 0.15) is 43.2 Å². The molecule has 0 unspecified atom stereocenters. The van der Waals surface area contributed by atoms with E-state index in [4.69, 9.17) is 5.73 Å². The molecule has 0 radical (unpaired) electrons. The van der Waals surface area contributed by atoms with Crippen molar-refractivity contribution in [2.45, 2.75) is 32.1 Å². The van der Waals surface area contributed by atoms with E-state index in [1.165, 1.54) is 17.5 Å². The monoisotopic (exact) mass is 225 g/mol. The zero-order valence-electron chi connectivity index (χ0n) is 9.44. The molecule has 0 heterocycles. The van der Waals surface area contributed by atoms with E-state index in [0.717, 1.165) is 18.4 Å². The van der Waals surface area contributed by atoms with Crippen LogP contribution in [-0.2, 0) is 0 Å². The second kappa shape index (κ2) is 5.00. The van der Waals surface area contributed by atoms with Gasteiger partial charge in [-0.1, -0.05) is 38.1 Å². The van der Waals surface area contributed by atoms with Gasteiger partial charge in [-0.25, -0.2) is 0 Å². The van der Waals surface area contributed by atoms with Gasteiger partial charge in [-0.3, -0.25) is 0 Å². The molecule has 15 heavy (non-hydrogen) atoms. The summed E-state index contributed by atoms with van der Waals surface area (Å²) in [4.78, 5) is 0. The molecule has 1 aliphatic rings. The van der Waals surface area contributed by atoms with Crippen LogP contribution in [0.5, 0.6) is 0 Å². The minimum absolute atomic E-state index is 0. The number of fused-ring (bicyclic) bond motifs is 1. The standard InChI is InChI=1S/C13H19N.ClH/c1-9(2)13-7-10(8-14)11-5-3-4-6-12(11)13;/h3-6,9-10,13H,7-8,14H2,1-2H3;1H/t10-,13+;/m0./s1. The number of rotatable bonds is 2. The first kappa shape index (κ1) is 12.5. The Morgan fingerprint density at radius 3 is 2.40 bits per heavy atom. The van der Waals surface area contributed by atoms with Crippen LogP contribution in [-0.4, -0.2) is 6.54 Å². The summed E-state index contributed by atoms with van der Waals surface area (Å²) in [6, 6.07) is 8.79. The second-order valence-corrected chi connectivity index (χ2v) is 4.65. The Hall–Kier alpha value is -0.530. The molecule has 2 atom stereocenters. The van der Waals surface area contributed by atoms with E-state index in [-0.39, 0.29) is 12.4 Å². The van der Waals surface area contributed by atoms with Crippen molar-refractivity contribution in [3.63, 3.8) is 0 Å². The van der Waals surface area contributed by atoms with Crippen LogP contribution in [0.25, 0.3) is 0 Å². The fraction of sp³-hybridized carbons (Fsp3) is 0.538. The lowest BCUT2D eigenvalue weighted by molar-refractivity contribution is 0.468. The van der Waals surface area contributed by atoms with Crippen molar-refractivity contribution in [3.8, 4) is 0 Å². The summed E-state index contributed by atoms with van der Waals surface area (Å²) in [5.41, 5.74) is 8.84. The van der Waals surface area contributed by atoms with E-state index in [1.54, 1.807) is 0 Å². The summed E-state index contributed by atoms with van der Waals surface area (Å²) >= 11 is 0. The van der Waals surface area contributed by atoms with Gasteiger partial charge in [0.2, 0.25) is 0 Å². The average molecular weight is 226 g/mol. The molecule has 2 rings (SSSR count). The maximum atomic E-state index is 5.81. The van der Waals surface area contributed by atoms with Crippen molar-refractivity contribution < 1.29 is 0 Å². The lowest BCUT2D eigenvalue weighted by atomic mass is 9.90. The molecule has 1 aromatic carbocycles. The van der Waals surface area contributed by atoms with E-state index in [2.05, 4.69) is 38.1 Å². The first-order valence-corrected chi connectivity index (χ1v) is 5.53. The van der Waals surface area contributed by atoms with Crippen molar-refractivity contribution in [1.82, 2.24) is 0 Å². The number of nitrogens with two attached hydrogens (primary N) is 1. The molecule has 2 N–H and O–H groups in total. The predicted molar refractivity (Wildman–Crippen MR) is 67.7 cm³/mol. The summed E-state index contributed by atoms with van der Waals surface area (Å²) in [5.74, 6) is 2.05. The van der Waals surface area contributed by atoms with E-state index >= 15 is 0 Å². The number of halogens is 1. The van der Waals surface area contributed by atoms with Crippen molar-refractivity contribution in [1.29, 1.82) is 0 Å². The van der Waals surface area contributed by atoms with Gasteiger partial charge >= 0.3 is 0 Å². The number of benzene rings is 1. The van der Waals surface area contributed by atoms with Crippen LogP contribution in [0, 0.1) is 5.92 Å². The predicted octanol–water partition coefficient (Wildman–Crippen LogP) is 3.29. The van der Waals surface area contributed by atoms with E-state index in [9.17, 15) is 0 Å². The van der Waals surface area contributed by atoms with Gasteiger partial charge < -0.3 is 5.73 Å². The molecule has 1 aromatic rings. The van der Waals surface area contributed by atoms with Crippen LogP contribution in [0.3, 0.4) is 0 Å². The Bertz CT molecular complexity index is 322. The Kier molecular flexibility index (Phi) is 4.18. The zero-order valence-corrected chi connectivity index (χ0v) is 10.3. The minimum atomic E-state index is 0. The summed E-state index contributed by atoms with van der Waals surface area (Å²) in [7, 11) is 0. The van der Waals surface area contributed by atoms with Crippen LogP contribution in [0.2, 0.25) is 0 Å². The van der Waals surface area contributed by atoms with Gasteiger partial charge in [-0.15, -0.1) is 12.4 Å². The molecule has 0 saturated carbocycles. The third-order valence-corrected chi connectivity index (χ3v) is 3.46. The lowest BCUT2D eigenvalue weighted by Gasteiger charge is -2.15. The highest BCUT2D eigenvalue weighted by Crippen LogP contribution is 2.44. The molecule has 84 valence electrons. The van der Waals surface area contributed by atoms with Gasteiger partial charge in [0.1, 0.15) is 0 Å². The van der Waals surface area contributed by atoms with Crippen LogP contribution >= 0.6 is 12.4 Å². The van der Waals surface area contributed by atoms with Gasteiger partial charge in [-0.2, -0.15) is 0 Å². The highest BCUT2D eigenvalue weighted by atomic mass is 35.5. The largest absolute Gasteiger partial charge is 0.330 e. The molecule has 0 aliphatic heterocycles. The van der Waals surface area contributed by atoms with E-state index in [1.807, 2.05) is 0 Å². The summed E-state index contributed by atoms with van der Waals surface area (Å²) < 4.78 is 0. The van der Waals surface area contributed by atoms with Gasteiger partial charge in [0.25, 0.3) is 0 Å². The molecule has 1 aliphatic carbocycles. The molecule has 0 saturated heterocycles. The van der Waals surface area contributed by atoms with Crippen molar-refractivity contribution in [2.24, 2.45) is 11.7 Å². The Morgan fingerprint density at radius 1 is 1.27 bits per heavy atom. The first-order valence-electron chi connectivity index (χ1n) is 5.53. The maximum Gasteiger partial charge on any atom is -0.000791 e. The Labute approximate surface area is 98.5 Å². The normalized spacial score (nSPS) is 23.7. The molecule has 0 spiro atoms. The van der Waals surface area contributed by atoms with E-state index in [0.29, 0.717) is 5.92 Å². The summed E-state index contributed by atoms with van der Waals surface area (Å²) in [6.45, 7) is 5.40. The van der Waals surface area contributed by atoms with Crippen molar-refractivity contribution >= 4 is 12.4 Å². The molecule has 0 bridgehead atoms. The lowest BCUT2D eigenvalue weighted by Crippen LogP contribution is -2.10. The molecule has 0 aromatic heterocycles. The minimum Gasteiger partial charge on any atom is -0.330 e. The molecular weight excluding hydrogens is 206 g/mol. The highest BCUT2D eigenvalue weighted by molar-refractivity contribution is 5.85. The van der Waals surface area contributed by atoms with Crippen LogP contribution < -0.4 is 5.73 Å². The Balaban J connectivity index is 0.00000112. The van der Waals surface area contributed by atoms with Crippen LogP contribution in [0.4, 0.5) is 0 Å². The van der Waals surface area contributed by atoms with Crippen LogP contribution in [0.15, 0.2) is 24.3 Å². The first-order chi connectivity index (χ1) is 6.74. The van der Waals surface area contributed by atoms with Gasteiger partial charge in [-0.05, 0) is 41.8 Å². The van der Waals surface area contributed by atoms with Crippen molar-refractivity contribution in [2.75, 3.05) is 6.54 Å². The fourth-order valence-electron chi connectivity index (χ4n) is 2.64. The molecule has 2 heteroatoms. The average Bonchev–Trinajstić information content (AvgIpc) is 2.56. The topological polar surface area (TPSA) is 26.0 Å². The Morgan fingerprint density at radius 2 is 1.87 bits per heavy atom. The number of hydrogen-bond acceptors (Lipinski definition) is 1. The third kappa shape index (κ3) is 2.19. The molecular formula is C13H20ClN. The zero-order chi connectivity index (χ0) is 10.1. The molecule has 0 amide bonds. The fourth-order valence-corrected chi connectivity index (χ4v) is 2.64. The maximum absolute atomic E-state index is 5.81. The molecule has 1 nitrogen and oxygen atoms in total. The van der Waals surface area contributed by atoms with Gasteiger partial charge in [0, 0.05) is 0 Å². The summed E-state index contributed by atoms with van der Waals surface area (Å²) in [6.07, 6.45) is 1.24. The van der Waals surface area contributed by atoms with Crippen molar-refractivity contribution in [3.05, 3.63) is 35.4 Å². The van der Waals surface area contributed by atoms with E-state index < -0.39 is 0 Å². The van der Waals surface area contributed by atoms with Gasteiger partial charge in [0.15, 0.2) is 0 Å². The smallest absolute Gasteiger partial charge is 0.000791 e. The second-order valence-electron chi connectivity index (χ2n) is 4.65. The quantitative estimate of drug-likeness (QED) is 0.822. The molecule has 0 fully saturated rings. The SMILES string of the molecule is CC(C)[C@H]1C[C@@H](CN)c2ccccc21.Cl. The van der Waals surface area contributed by atoms with Gasteiger partial charge in [0.05, 0.1) is 0 Å². The highest BCUT2D eigenvalue weighted by Gasteiger charge is 2.31. The summed E-state index contributed by atoms with van der Waals surface area (Å²) in [5, 5.41) is 0. The number of hydrogen-bond donors (Lipinski definition) is 1.